The van der Waals surface area contributed by atoms with Gasteiger partial charge in [0.25, 0.3) is 0 Å². The van der Waals surface area contributed by atoms with Crippen LogP contribution in [0.15, 0.2) is 0 Å². The summed E-state index contributed by atoms with van der Waals surface area (Å²) in [6, 6.07) is 0.381. The van der Waals surface area contributed by atoms with Crippen LogP contribution in [0.2, 0.25) is 0 Å². The van der Waals surface area contributed by atoms with E-state index in [1.54, 1.807) is 0 Å². The Hall–Kier alpha value is -0.610. The number of hydrogen-bond donors (Lipinski definition) is 1. The molecule has 4 heteroatoms. The van der Waals surface area contributed by atoms with Crippen molar-refractivity contribution in [3.05, 3.63) is 0 Å². The quantitative estimate of drug-likeness (QED) is 0.777. The second-order valence-electron chi connectivity index (χ2n) is 6.40. The van der Waals surface area contributed by atoms with E-state index < -0.39 is 5.60 Å². The van der Waals surface area contributed by atoms with Crippen LogP contribution in [0.3, 0.4) is 0 Å². The average Bonchev–Trinajstić information content (AvgIpc) is 2.24. The lowest BCUT2D eigenvalue weighted by atomic mass is 9.90. The summed E-state index contributed by atoms with van der Waals surface area (Å²) < 4.78 is 5.28. The number of piperidine rings is 1. The number of nitrogens with one attached hydrogen (secondary N) is 1. The topological polar surface area (TPSA) is 41.6 Å². The van der Waals surface area contributed by atoms with Crippen LogP contribution in [0.4, 0.5) is 0 Å². The predicted molar refractivity (Wildman–Crippen MR) is 73.5 cm³/mol. The first-order valence-corrected chi connectivity index (χ1v) is 6.92. The van der Waals surface area contributed by atoms with Gasteiger partial charge in [-0.25, -0.2) is 0 Å². The third-order valence-corrected chi connectivity index (χ3v) is 3.46. The molecule has 18 heavy (non-hydrogen) atoms. The van der Waals surface area contributed by atoms with Crippen LogP contribution in [0.5, 0.6) is 0 Å². The summed E-state index contributed by atoms with van der Waals surface area (Å²) in [4.78, 5) is 14.0. The molecule has 0 amide bonds. The van der Waals surface area contributed by atoms with Gasteiger partial charge in [-0.3, -0.25) is 4.79 Å². The van der Waals surface area contributed by atoms with Crippen molar-refractivity contribution in [3.63, 3.8) is 0 Å². The van der Waals surface area contributed by atoms with Gasteiger partial charge in [0.15, 0.2) is 0 Å². The largest absolute Gasteiger partial charge is 0.459 e. The fraction of sp³-hybridized carbons (Fsp3) is 0.929. The number of esters is 1. The third kappa shape index (κ3) is 5.83. The van der Waals surface area contributed by atoms with Gasteiger partial charge in [-0.2, -0.15) is 0 Å². The molecule has 1 unspecified atom stereocenters. The van der Waals surface area contributed by atoms with Gasteiger partial charge in [-0.1, -0.05) is 0 Å². The molecule has 1 aliphatic rings. The number of carbonyl (C=O) groups excluding carboxylic acids is 1. The number of ether oxygens (including phenoxy) is 1. The van der Waals surface area contributed by atoms with E-state index in [2.05, 4.69) is 24.2 Å². The SMILES string of the molecule is CC(NCC(=O)OC(C)(C)C)C1CCN(C)CC1. The van der Waals surface area contributed by atoms with Crippen LogP contribution in [0, 0.1) is 5.92 Å². The highest BCUT2D eigenvalue weighted by Gasteiger charge is 2.23. The molecule has 0 aromatic carbocycles. The Morgan fingerprint density at radius 3 is 2.44 bits per heavy atom. The molecule has 106 valence electrons. The molecule has 1 aliphatic heterocycles. The smallest absolute Gasteiger partial charge is 0.320 e. The zero-order valence-electron chi connectivity index (χ0n) is 12.5. The molecule has 4 nitrogen and oxygen atoms in total. The summed E-state index contributed by atoms with van der Waals surface area (Å²) in [5.74, 6) is 0.505. The standard InChI is InChI=1S/C14H28N2O2/c1-11(12-6-8-16(5)9-7-12)15-10-13(17)18-14(2,3)4/h11-12,15H,6-10H2,1-5H3. The molecule has 1 rings (SSSR count). The fourth-order valence-electron chi connectivity index (χ4n) is 2.32. The molecule has 1 N–H and O–H groups in total. The zero-order valence-corrected chi connectivity index (χ0v) is 12.5. The van der Waals surface area contributed by atoms with Gasteiger partial charge in [0.1, 0.15) is 5.60 Å². The van der Waals surface area contributed by atoms with Crippen molar-refractivity contribution in [1.29, 1.82) is 0 Å². The summed E-state index contributed by atoms with van der Waals surface area (Å²) in [5.41, 5.74) is -0.393. The highest BCUT2D eigenvalue weighted by molar-refractivity contribution is 5.72. The van der Waals surface area contributed by atoms with Crippen LogP contribution >= 0.6 is 0 Å². The van der Waals surface area contributed by atoms with E-state index in [1.165, 1.54) is 12.8 Å². The number of nitrogens with zero attached hydrogens (tertiary/aromatic N) is 1. The van der Waals surface area contributed by atoms with E-state index >= 15 is 0 Å². The van der Waals surface area contributed by atoms with Gasteiger partial charge < -0.3 is 15.0 Å². The molecule has 1 heterocycles. The van der Waals surface area contributed by atoms with E-state index in [0.29, 0.717) is 18.5 Å². The van der Waals surface area contributed by atoms with Crippen LogP contribution in [0.25, 0.3) is 0 Å². The Labute approximate surface area is 111 Å². The third-order valence-electron chi connectivity index (χ3n) is 3.46. The second kappa shape index (κ2) is 6.53. The first kappa shape index (κ1) is 15.4. The van der Waals surface area contributed by atoms with Gasteiger partial charge in [-0.15, -0.1) is 0 Å². The minimum atomic E-state index is -0.393. The molecular formula is C14H28N2O2. The maximum absolute atomic E-state index is 11.6. The molecule has 0 saturated carbocycles. The molecule has 0 aliphatic carbocycles. The summed E-state index contributed by atoms with van der Waals surface area (Å²) in [6.07, 6.45) is 2.41. The van der Waals surface area contributed by atoms with E-state index in [9.17, 15) is 4.79 Å². The van der Waals surface area contributed by atoms with Gasteiger partial charge >= 0.3 is 5.97 Å². The highest BCUT2D eigenvalue weighted by Crippen LogP contribution is 2.19. The minimum Gasteiger partial charge on any atom is -0.459 e. The number of hydrogen-bond acceptors (Lipinski definition) is 4. The van der Waals surface area contributed by atoms with Crippen molar-refractivity contribution >= 4 is 5.97 Å². The van der Waals surface area contributed by atoms with Crippen molar-refractivity contribution in [3.8, 4) is 0 Å². The number of likely N-dealkylation sites (tertiary alicyclic amines) is 1. The van der Waals surface area contributed by atoms with E-state index in [1.807, 2.05) is 20.8 Å². The fourth-order valence-corrected chi connectivity index (χ4v) is 2.32. The average molecular weight is 256 g/mol. The van der Waals surface area contributed by atoms with E-state index in [-0.39, 0.29) is 5.97 Å². The lowest BCUT2D eigenvalue weighted by Crippen LogP contribution is -2.43. The molecule has 1 fully saturated rings. The Morgan fingerprint density at radius 2 is 1.94 bits per heavy atom. The molecule has 0 spiro atoms. The zero-order chi connectivity index (χ0) is 13.8. The summed E-state index contributed by atoms with van der Waals surface area (Å²) >= 11 is 0. The lowest BCUT2D eigenvalue weighted by Gasteiger charge is -2.33. The Morgan fingerprint density at radius 1 is 1.39 bits per heavy atom. The predicted octanol–water partition coefficient (Wildman–Crippen LogP) is 1.65. The van der Waals surface area contributed by atoms with Crippen LogP contribution in [-0.4, -0.2) is 49.2 Å². The molecule has 1 atom stereocenters. The van der Waals surface area contributed by atoms with Crippen molar-refractivity contribution < 1.29 is 9.53 Å². The first-order valence-electron chi connectivity index (χ1n) is 6.92. The first-order chi connectivity index (χ1) is 8.28. The summed E-state index contributed by atoms with van der Waals surface area (Å²) in [6.45, 7) is 10.5. The van der Waals surface area contributed by atoms with Crippen molar-refractivity contribution in [1.82, 2.24) is 10.2 Å². The maximum atomic E-state index is 11.6. The van der Waals surface area contributed by atoms with E-state index in [4.69, 9.17) is 4.74 Å². The van der Waals surface area contributed by atoms with Crippen LogP contribution in [0.1, 0.15) is 40.5 Å². The second-order valence-corrected chi connectivity index (χ2v) is 6.40. The Balaban J connectivity index is 2.24. The van der Waals surface area contributed by atoms with Gasteiger partial charge in [0.2, 0.25) is 0 Å². The normalized spacial score (nSPS) is 20.7. The van der Waals surface area contributed by atoms with Crippen molar-refractivity contribution in [2.24, 2.45) is 5.92 Å². The molecular weight excluding hydrogens is 228 g/mol. The van der Waals surface area contributed by atoms with Gasteiger partial charge in [0.05, 0.1) is 6.54 Å². The summed E-state index contributed by atoms with van der Waals surface area (Å²) in [5, 5.41) is 3.30. The van der Waals surface area contributed by atoms with Crippen molar-refractivity contribution in [2.45, 2.75) is 52.2 Å². The van der Waals surface area contributed by atoms with Crippen LogP contribution < -0.4 is 5.32 Å². The molecule has 0 aromatic rings. The lowest BCUT2D eigenvalue weighted by molar-refractivity contribution is -0.153. The Kier molecular flexibility index (Phi) is 5.60. The number of carbonyl (C=O) groups is 1. The summed E-state index contributed by atoms with van der Waals surface area (Å²) in [7, 11) is 2.16. The van der Waals surface area contributed by atoms with Crippen molar-refractivity contribution in [2.75, 3.05) is 26.7 Å². The molecule has 0 aromatic heterocycles. The number of rotatable bonds is 4. The maximum Gasteiger partial charge on any atom is 0.320 e. The van der Waals surface area contributed by atoms with E-state index in [0.717, 1.165) is 13.1 Å². The Bertz CT molecular complexity index is 265. The minimum absolute atomic E-state index is 0.165. The monoisotopic (exact) mass is 256 g/mol. The molecule has 0 bridgehead atoms. The molecule has 0 radical (unpaired) electrons. The van der Waals surface area contributed by atoms with Gasteiger partial charge in [0, 0.05) is 6.04 Å². The molecule has 1 saturated heterocycles. The van der Waals surface area contributed by atoms with Crippen LogP contribution in [-0.2, 0) is 9.53 Å². The van der Waals surface area contributed by atoms with Gasteiger partial charge in [-0.05, 0) is 66.6 Å². The highest BCUT2D eigenvalue weighted by atomic mass is 16.6.